The highest BCUT2D eigenvalue weighted by Gasteiger charge is 2.28. The Kier molecular flexibility index (Phi) is 5.93. The maximum absolute atomic E-state index is 13.4. The van der Waals surface area contributed by atoms with E-state index in [0.717, 1.165) is 39.7 Å². The maximum atomic E-state index is 13.4. The first kappa shape index (κ1) is 23.0. The van der Waals surface area contributed by atoms with Crippen LogP contribution in [0.15, 0.2) is 66.7 Å². The van der Waals surface area contributed by atoms with Gasteiger partial charge in [-0.15, -0.1) is 0 Å². The molecular weight excluding hydrogens is 466 g/mol. The fourth-order valence-electron chi connectivity index (χ4n) is 4.88. The van der Waals surface area contributed by atoms with Gasteiger partial charge in [0.25, 0.3) is 0 Å². The second kappa shape index (κ2) is 9.54. The summed E-state index contributed by atoms with van der Waals surface area (Å²) < 4.78 is 16.7. The van der Waals surface area contributed by atoms with Gasteiger partial charge in [-0.3, -0.25) is 4.79 Å². The topological polar surface area (TPSA) is 74.7 Å². The van der Waals surface area contributed by atoms with Crippen LogP contribution in [0.3, 0.4) is 0 Å². The molecule has 184 valence electrons. The van der Waals surface area contributed by atoms with Gasteiger partial charge in [-0.2, -0.15) is 0 Å². The number of rotatable bonds is 5. The number of aryl methyl sites for hydroxylation is 1. The highest BCUT2D eigenvalue weighted by atomic mass is 16.6. The lowest BCUT2D eigenvalue weighted by atomic mass is 10.0. The molecule has 6 heteroatoms. The Bertz CT molecular complexity index is 1570. The Labute approximate surface area is 214 Å². The monoisotopic (exact) mass is 491 g/mol. The van der Waals surface area contributed by atoms with Crippen LogP contribution < -0.4 is 9.47 Å². The van der Waals surface area contributed by atoms with Gasteiger partial charge in [0.05, 0.1) is 16.8 Å². The summed E-state index contributed by atoms with van der Waals surface area (Å²) in [4.78, 5) is 31.2. The summed E-state index contributed by atoms with van der Waals surface area (Å²) in [6.07, 6.45) is 3.60. The van der Waals surface area contributed by atoms with Gasteiger partial charge in [0.1, 0.15) is 13.2 Å². The van der Waals surface area contributed by atoms with Gasteiger partial charge in [-0.1, -0.05) is 48.0 Å². The van der Waals surface area contributed by atoms with E-state index in [1.54, 1.807) is 18.2 Å². The fraction of sp³-hybridized carbons (Fsp3) is 0.194. The Morgan fingerprint density at radius 3 is 2.57 bits per heavy atom. The van der Waals surface area contributed by atoms with Crippen LogP contribution in [0.4, 0.5) is 0 Å². The summed E-state index contributed by atoms with van der Waals surface area (Å²) in [5, 5.41) is 0.731. The van der Waals surface area contributed by atoms with Crippen molar-refractivity contribution >= 4 is 34.3 Å². The number of esters is 1. The third kappa shape index (κ3) is 4.47. The van der Waals surface area contributed by atoms with Gasteiger partial charge in [0.2, 0.25) is 0 Å². The van der Waals surface area contributed by atoms with E-state index in [2.05, 4.69) is 37.3 Å². The van der Waals surface area contributed by atoms with E-state index >= 15 is 0 Å². The van der Waals surface area contributed by atoms with Gasteiger partial charge in [-0.25, -0.2) is 9.78 Å². The Hall–Kier alpha value is -4.45. The molecule has 0 atom stereocenters. The number of ether oxygens (including phenoxy) is 3. The van der Waals surface area contributed by atoms with Gasteiger partial charge in [0, 0.05) is 10.9 Å². The minimum atomic E-state index is -0.516. The summed E-state index contributed by atoms with van der Waals surface area (Å²) in [7, 11) is 0. The first-order valence-corrected chi connectivity index (χ1v) is 12.4. The summed E-state index contributed by atoms with van der Waals surface area (Å²) in [5.74, 6) is 0.306. The predicted octanol–water partition coefficient (Wildman–Crippen LogP) is 5.84. The Balaban J connectivity index is 1.29. The Morgan fingerprint density at radius 2 is 1.73 bits per heavy atom. The number of hydrogen-bond donors (Lipinski definition) is 0. The molecule has 37 heavy (non-hydrogen) atoms. The summed E-state index contributed by atoms with van der Waals surface area (Å²) in [5.41, 5.74) is 6.70. The van der Waals surface area contributed by atoms with Crippen molar-refractivity contribution in [3.8, 4) is 11.5 Å². The van der Waals surface area contributed by atoms with Crippen LogP contribution in [0.1, 0.15) is 49.5 Å². The zero-order valence-electron chi connectivity index (χ0n) is 20.5. The zero-order chi connectivity index (χ0) is 25.4. The second-order valence-corrected chi connectivity index (χ2v) is 9.27. The molecule has 1 aliphatic carbocycles. The van der Waals surface area contributed by atoms with E-state index in [1.807, 2.05) is 24.3 Å². The lowest BCUT2D eigenvalue weighted by molar-refractivity contribution is 0.0475. The molecule has 6 rings (SSSR count). The van der Waals surface area contributed by atoms with Gasteiger partial charge < -0.3 is 14.2 Å². The van der Waals surface area contributed by atoms with Crippen molar-refractivity contribution in [2.75, 3.05) is 19.8 Å². The number of pyridine rings is 1. The van der Waals surface area contributed by atoms with Crippen molar-refractivity contribution in [1.29, 1.82) is 0 Å². The molecule has 1 aromatic heterocycles. The van der Waals surface area contributed by atoms with Gasteiger partial charge >= 0.3 is 5.97 Å². The smallest absolute Gasteiger partial charge is 0.339 e. The van der Waals surface area contributed by atoms with Gasteiger partial charge in [0.15, 0.2) is 23.9 Å². The number of allylic oxidation sites excluding steroid dienone is 1. The summed E-state index contributed by atoms with van der Waals surface area (Å²) in [6, 6.07) is 20.9. The van der Waals surface area contributed by atoms with E-state index in [-0.39, 0.29) is 12.4 Å². The third-order valence-electron chi connectivity index (χ3n) is 6.76. The molecule has 0 bridgehead atoms. The molecule has 0 fully saturated rings. The van der Waals surface area contributed by atoms with Crippen LogP contribution in [-0.2, 0) is 11.2 Å². The average molecular weight is 492 g/mol. The number of benzene rings is 3. The van der Waals surface area contributed by atoms with Crippen molar-refractivity contribution in [3.05, 3.63) is 100 Å². The van der Waals surface area contributed by atoms with Crippen molar-refractivity contribution in [2.24, 2.45) is 0 Å². The zero-order valence-corrected chi connectivity index (χ0v) is 20.5. The summed E-state index contributed by atoms with van der Waals surface area (Å²) >= 11 is 0. The molecule has 2 heterocycles. The molecule has 4 aromatic rings. The number of fused-ring (bicyclic) bond motifs is 3. The van der Waals surface area contributed by atoms with Crippen LogP contribution in [0, 0.1) is 6.92 Å². The largest absolute Gasteiger partial charge is 0.486 e. The molecular formula is C31H25NO5. The second-order valence-electron chi connectivity index (χ2n) is 9.27. The SMILES string of the molecule is Cc1ccc(/C=C2/CCc3c2nc2ccccc2c3C(=O)OCC(=O)c2ccc3c(c2)OCCO3)cc1. The number of hydrogen-bond acceptors (Lipinski definition) is 6. The van der Waals surface area contributed by atoms with E-state index in [9.17, 15) is 9.59 Å². The molecule has 0 N–H and O–H groups in total. The van der Waals surface area contributed by atoms with E-state index in [4.69, 9.17) is 19.2 Å². The molecule has 2 aliphatic rings. The van der Waals surface area contributed by atoms with Crippen LogP contribution >= 0.6 is 0 Å². The van der Waals surface area contributed by atoms with Crippen LogP contribution in [0.25, 0.3) is 22.6 Å². The van der Waals surface area contributed by atoms with E-state index < -0.39 is 5.97 Å². The molecule has 0 amide bonds. The van der Waals surface area contributed by atoms with Crippen molar-refractivity contribution < 1.29 is 23.8 Å². The van der Waals surface area contributed by atoms with Crippen LogP contribution in [0.5, 0.6) is 11.5 Å². The first-order chi connectivity index (χ1) is 18.1. The number of nitrogens with zero attached hydrogens (tertiary/aromatic N) is 1. The molecule has 0 unspecified atom stereocenters. The molecule has 0 spiro atoms. The number of carbonyl (C=O) groups excluding carboxylic acids is 2. The maximum Gasteiger partial charge on any atom is 0.339 e. The number of para-hydroxylation sites is 1. The van der Waals surface area contributed by atoms with Crippen molar-refractivity contribution in [1.82, 2.24) is 4.98 Å². The van der Waals surface area contributed by atoms with Crippen LogP contribution in [0.2, 0.25) is 0 Å². The number of aromatic nitrogens is 1. The quantitative estimate of drug-likeness (QED) is 0.258. The first-order valence-electron chi connectivity index (χ1n) is 12.4. The molecule has 0 saturated carbocycles. The minimum Gasteiger partial charge on any atom is -0.486 e. The molecule has 6 nitrogen and oxygen atoms in total. The number of carbonyl (C=O) groups is 2. The minimum absolute atomic E-state index is 0.305. The lowest BCUT2D eigenvalue weighted by Gasteiger charge is -2.18. The average Bonchev–Trinajstić information content (AvgIpc) is 3.32. The number of Topliss-reactive ketones (excluding diaryl/α,β-unsaturated/α-hetero) is 1. The summed E-state index contributed by atoms with van der Waals surface area (Å²) in [6.45, 7) is 2.60. The van der Waals surface area contributed by atoms with Crippen molar-refractivity contribution in [2.45, 2.75) is 19.8 Å². The molecule has 0 saturated heterocycles. The normalized spacial score (nSPS) is 15.0. The highest BCUT2D eigenvalue weighted by molar-refractivity contribution is 6.08. The van der Waals surface area contributed by atoms with Gasteiger partial charge in [-0.05, 0) is 66.8 Å². The fourth-order valence-corrected chi connectivity index (χ4v) is 4.88. The Morgan fingerprint density at radius 1 is 0.946 bits per heavy atom. The predicted molar refractivity (Wildman–Crippen MR) is 141 cm³/mol. The molecule has 1 aliphatic heterocycles. The van der Waals surface area contributed by atoms with E-state index in [0.29, 0.717) is 42.3 Å². The van der Waals surface area contributed by atoms with E-state index in [1.165, 1.54) is 5.56 Å². The lowest BCUT2D eigenvalue weighted by Crippen LogP contribution is -2.18. The van der Waals surface area contributed by atoms with Crippen molar-refractivity contribution in [3.63, 3.8) is 0 Å². The standard InChI is InChI=1S/C31H25NO5/c1-19-6-8-20(9-7-19)16-22-10-12-24-29(23-4-2-3-5-25(23)32-30(22)24)31(34)37-18-26(33)21-11-13-27-28(17-21)36-15-14-35-27/h2-9,11,13,16-17H,10,12,14-15,18H2,1H3/b22-16-. The molecule has 0 radical (unpaired) electrons. The number of ketones is 1. The third-order valence-corrected chi connectivity index (χ3v) is 6.76. The molecule has 3 aromatic carbocycles. The highest BCUT2D eigenvalue weighted by Crippen LogP contribution is 2.38. The van der Waals surface area contributed by atoms with Crippen LogP contribution in [-0.4, -0.2) is 36.6 Å².